The Bertz CT molecular complexity index is 300. The molecule has 0 bridgehead atoms. The van der Waals surface area contributed by atoms with Gasteiger partial charge in [-0.25, -0.2) is 4.99 Å². The van der Waals surface area contributed by atoms with E-state index >= 15 is 0 Å². The van der Waals surface area contributed by atoms with Gasteiger partial charge in [-0.2, -0.15) is 0 Å². The largest absolute Gasteiger partial charge is 0.463 e. The summed E-state index contributed by atoms with van der Waals surface area (Å²) in [6, 6.07) is 0. The van der Waals surface area contributed by atoms with Gasteiger partial charge in [0.25, 0.3) is 0 Å². The molecule has 0 amide bonds. The van der Waals surface area contributed by atoms with Crippen LogP contribution in [-0.4, -0.2) is 42.0 Å². The van der Waals surface area contributed by atoms with Crippen LogP contribution >= 0.6 is 0 Å². The quantitative estimate of drug-likeness (QED) is 0.413. The third-order valence-corrected chi connectivity index (χ3v) is 2.38. The van der Waals surface area contributed by atoms with Gasteiger partial charge in [-0.3, -0.25) is 4.79 Å². The van der Waals surface area contributed by atoms with Crippen molar-refractivity contribution in [3.8, 4) is 0 Å². The first-order chi connectivity index (χ1) is 7.90. The van der Waals surface area contributed by atoms with E-state index in [1.807, 2.05) is 0 Å². The van der Waals surface area contributed by atoms with Gasteiger partial charge in [0.2, 0.25) is 0 Å². The van der Waals surface area contributed by atoms with Gasteiger partial charge in [0.15, 0.2) is 6.23 Å². The first-order valence-corrected chi connectivity index (χ1v) is 5.70. The minimum Gasteiger partial charge on any atom is -0.463 e. The van der Waals surface area contributed by atoms with Crippen LogP contribution in [0.5, 0.6) is 0 Å². The summed E-state index contributed by atoms with van der Waals surface area (Å²) in [5.41, 5.74) is 5.42. The Hall–Kier alpha value is -1.14. The number of esters is 1. The Kier molecular flexibility index (Phi) is 4.89. The molecule has 0 aliphatic carbocycles. The zero-order chi connectivity index (χ0) is 13.0. The normalized spacial score (nSPS) is 29.7. The lowest BCUT2D eigenvalue weighted by Gasteiger charge is -2.12. The molecular weight excluding hydrogens is 224 g/mol. The van der Waals surface area contributed by atoms with Gasteiger partial charge in [-0.15, -0.1) is 0 Å². The number of carbonyl (C=O) groups is 1. The second-order valence-corrected chi connectivity index (χ2v) is 4.51. The van der Waals surface area contributed by atoms with Crippen LogP contribution in [0, 0.1) is 5.92 Å². The fourth-order valence-electron chi connectivity index (χ4n) is 1.50. The molecule has 0 aromatic carbocycles. The van der Waals surface area contributed by atoms with E-state index in [0.717, 1.165) is 0 Å². The standard InChI is InChI=1S/C11H20N2O4/c1-6(2)11(15)16-5-8-4-9(14)10(17-8)13-7(3)12/h6,8-10,14H,4-5H2,1-3H3,(H2,12,13). The van der Waals surface area contributed by atoms with E-state index in [1.165, 1.54) is 0 Å². The maximum Gasteiger partial charge on any atom is 0.308 e. The Balaban J connectivity index is 2.39. The van der Waals surface area contributed by atoms with Gasteiger partial charge in [-0.05, 0) is 6.92 Å². The molecule has 1 fully saturated rings. The van der Waals surface area contributed by atoms with Crippen molar-refractivity contribution in [1.29, 1.82) is 0 Å². The maximum atomic E-state index is 11.3. The van der Waals surface area contributed by atoms with E-state index in [-0.39, 0.29) is 24.6 Å². The maximum absolute atomic E-state index is 11.3. The third kappa shape index (κ3) is 4.32. The highest BCUT2D eigenvalue weighted by Gasteiger charge is 2.34. The van der Waals surface area contributed by atoms with Crippen molar-refractivity contribution in [1.82, 2.24) is 0 Å². The minimum atomic E-state index is -0.698. The molecule has 17 heavy (non-hydrogen) atoms. The predicted octanol–water partition coefficient (Wildman–Crippen LogP) is 0.0386. The van der Waals surface area contributed by atoms with E-state index in [0.29, 0.717) is 12.3 Å². The second-order valence-electron chi connectivity index (χ2n) is 4.51. The lowest BCUT2D eigenvalue weighted by molar-refractivity contribution is -0.151. The van der Waals surface area contributed by atoms with Crippen LogP contribution < -0.4 is 5.73 Å². The van der Waals surface area contributed by atoms with Crippen molar-refractivity contribution < 1.29 is 19.4 Å². The highest BCUT2D eigenvalue weighted by molar-refractivity contribution is 5.77. The number of rotatable bonds is 4. The highest BCUT2D eigenvalue weighted by Crippen LogP contribution is 2.21. The average molecular weight is 244 g/mol. The Labute approximate surface area is 101 Å². The molecule has 0 radical (unpaired) electrons. The second kappa shape index (κ2) is 5.97. The molecule has 1 aliphatic heterocycles. The van der Waals surface area contributed by atoms with Gasteiger partial charge >= 0.3 is 5.97 Å². The summed E-state index contributed by atoms with van der Waals surface area (Å²) in [5, 5.41) is 9.65. The van der Waals surface area contributed by atoms with Gasteiger partial charge in [0.05, 0.1) is 17.9 Å². The molecule has 1 heterocycles. The Morgan fingerprint density at radius 1 is 1.65 bits per heavy atom. The number of hydrogen-bond acceptors (Lipinski definition) is 5. The molecule has 98 valence electrons. The SMILES string of the molecule is C/C(N)=N/C1OC(COC(=O)C(C)C)CC1O. The molecule has 0 spiro atoms. The molecule has 3 N–H and O–H groups in total. The number of nitrogens with two attached hydrogens (primary N) is 1. The molecule has 0 aromatic rings. The number of aliphatic hydroxyl groups excluding tert-OH is 1. The third-order valence-electron chi connectivity index (χ3n) is 2.38. The smallest absolute Gasteiger partial charge is 0.308 e. The Morgan fingerprint density at radius 3 is 2.82 bits per heavy atom. The van der Waals surface area contributed by atoms with Gasteiger partial charge in [0.1, 0.15) is 12.7 Å². The van der Waals surface area contributed by atoms with E-state index in [4.69, 9.17) is 15.2 Å². The van der Waals surface area contributed by atoms with Crippen LogP contribution in [0.4, 0.5) is 0 Å². The van der Waals surface area contributed by atoms with Crippen molar-refractivity contribution in [3.63, 3.8) is 0 Å². The summed E-state index contributed by atoms with van der Waals surface area (Å²) in [4.78, 5) is 15.2. The van der Waals surface area contributed by atoms with Crippen LogP contribution in [0.3, 0.4) is 0 Å². The summed E-state index contributed by atoms with van der Waals surface area (Å²) in [6.45, 7) is 5.29. The number of amidine groups is 1. The van der Waals surface area contributed by atoms with Crippen molar-refractivity contribution in [2.24, 2.45) is 16.6 Å². The van der Waals surface area contributed by atoms with E-state index in [2.05, 4.69) is 4.99 Å². The summed E-state index contributed by atoms with van der Waals surface area (Å²) in [5.74, 6) is -0.0830. The van der Waals surface area contributed by atoms with Crippen molar-refractivity contribution in [3.05, 3.63) is 0 Å². The fraction of sp³-hybridized carbons (Fsp3) is 0.818. The number of aliphatic imine (C=N–C) groups is 1. The molecule has 3 atom stereocenters. The first kappa shape index (κ1) is 13.9. The van der Waals surface area contributed by atoms with Crippen LogP contribution in [-0.2, 0) is 14.3 Å². The first-order valence-electron chi connectivity index (χ1n) is 5.70. The summed E-state index contributed by atoms with van der Waals surface area (Å²) >= 11 is 0. The van der Waals surface area contributed by atoms with E-state index < -0.39 is 12.3 Å². The molecule has 6 heteroatoms. The minimum absolute atomic E-state index is 0.143. The van der Waals surface area contributed by atoms with Crippen LogP contribution in [0.2, 0.25) is 0 Å². The molecule has 6 nitrogen and oxygen atoms in total. The average Bonchev–Trinajstić information content (AvgIpc) is 2.55. The summed E-state index contributed by atoms with van der Waals surface area (Å²) < 4.78 is 10.5. The topological polar surface area (TPSA) is 94.1 Å². The number of ether oxygens (including phenoxy) is 2. The predicted molar refractivity (Wildman–Crippen MR) is 62.4 cm³/mol. The molecule has 3 unspecified atom stereocenters. The van der Waals surface area contributed by atoms with E-state index in [9.17, 15) is 9.90 Å². The van der Waals surface area contributed by atoms with E-state index in [1.54, 1.807) is 20.8 Å². The molecule has 1 saturated heterocycles. The monoisotopic (exact) mass is 244 g/mol. The van der Waals surface area contributed by atoms with Gasteiger partial charge in [0, 0.05) is 6.42 Å². The number of aliphatic hydroxyl groups is 1. The molecular formula is C11H20N2O4. The van der Waals surface area contributed by atoms with Crippen molar-refractivity contribution in [2.45, 2.75) is 45.6 Å². The zero-order valence-corrected chi connectivity index (χ0v) is 10.4. The van der Waals surface area contributed by atoms with Crippen LogP contribution in [0.15, 0.2) is 4.99 Å². The van der Waals surface area contributed by atoms with Crippen molar-refractivity contribution in [2.75, 3.05) is 6.61 Å². The van der Waals surface area contributed by atoms with Crippen LogP contribution in [0.1, 0.15) is 27.2 Å². The molecule has 0 saturated carbocycles. The number of hydrogen-bond donors (Lipinski definition) is 2. The highest BCUT2D eigenvalue weighted by atomic mass is 16.6. The van der Waals surface area contributed by atoms with Crippen LogP contribution in [0.25, 0.3) is 0 Å². The van der Waals surface area contributed by atoms with Gasteiger partial charge in [-0.1, -0.05) is 13.8 Å². The zero-order valence-electron chi connectivity index (χ0n) is 10.4. The van der Waals surface area contributed by atoms with Gasteiger partial charge < -0.3 is 20.3 Å². The lowest BCUT2D eigenvalue weighted by Crippen LogP contribution is -2.23. The Morgan fingerprint density at radius 2 is 2.29 bits per heavy atom. The fourth-order valence-corrected chi connectivity index (χ4v) is 1.50. The number of nitrogens with zero attached hydrogens (tertiary/aromatic N) is 1. The lowest BCUT2D eigenvalue weighted by atomic mass is 10.2. The summed E-state index contributed by atoms with van der Waals surface area (Å²) in [6.07, 6.45) is -1.27. The molecule has 1 aliphatic rings. The molecule has 1 rings (SSSR count). The molecule has 0 aromatic heterocycles. The summed E-state index contributed by atoms with van der Waals surface area (Å²) in [7, 11) is 0. The van der Waals surface area contributed by atoms with Crippen molar-refractivity contribution >= 4 is 11.8 Å². The number of carbonyl (C=O) groups excluding carboxylic acids is 1.